The number of hydrogen-bond acceptors (Lipinski definition) is 2. The number of nitrogens with zero attached hydrogens (tertiary/aromatic N) is 1. The van der Waals surface area contributed by atoms with Gasteiger partial charge < -0.3 is 9.64 Å². The first-order chi connectivity index (χ1) is 9.19. The lowest BCUT2D eigenvalue weighted by Gasteiger charge is -2.34. The van der Waals surface area contributed by atoms with E-state index in [0.29, 0.717) is 12.6 Å². The van der Waals surface area contributed by atoms with E-state index in [1.54, 1.807) is 7.11 Å². The molecule has 0 saturated carbocycles. The second kappa shape index (κ2) is 8.83. The van der Waals surface area contributed by atoms with E-state index < -0.39 is 0 Å². The van der Waals surface area contributed by atoms with Gasteiger partial charge in [-0.15, -0.1) is 0 Å². The van der Waals surface area contributed by atoms with Crippen molar-refractivity contribution in [2.75, 3.05) is 25.2 Å². The van der Waals surface area contributed by atoms with E-state index in [1.807, 2.05) is 12.1 Å². The number of ether oxygens (including phenoxy) is 1. The van der Waals surface area contributed by atoms with Crippen LogP contribution in [0.5, 0.6) is 0 Å². The van der Waals surface area contributed by atoms with Crippen LogP contribution in [0.25, 0.3) is 0 Å². The zero-order valence-electron chi connectivity index (χ0n) is 12.0. The summed E-state index contributed by atoms with van der Waals surface area (Å²) in [6.45, 7) is 6.02. The summed E-state index contributed by atoms with van der Waals surface area (Å²) >= 11 is 9.99. The van der Waals surface area contributed by atoms with E-state index >= 15 is 0 Å². The minimum atomic E-state index is 0.493. The van der Waals surface area contributed by atoms with E-state index in [9.17, 15) is 0 Å². The molecule has 2 nitrogen and oxygen atoms in total. The Kier molecular flexibility index (Phi) is 7.81. The normalized spacial score (nSPS) is 11.1. The number of alkyl halides is 1. The molecule has 0 atom stereocenters. The second-order valence-electron chi connectivity index (χ2n) is 4.54. The average Bonchev–Trinajstić information content (AvgIpc) is 2.43. The summed E-state index contributed by atoms with van der Waals surface area (Å²) in [5.74, 6) is 0. The lowest BCUT2D eigenvalue weighted by molar-refractivity contribution is 0.202. The Balaban J connectivity index is 3.15. The minimum Gasteiger partial charge on any atom is -0.383 e. The van der Waals surface area contributed by atoms with Crippen molar-refractivity contribution in [1.82, 2.24) is 0 Å². The van der Waals surface area contributed by atoms with Crippen molar-refractivity contribution in [3.05, 3.63) is 28.8 Å². The standard InChI is InChI=1S/C15H23BrClNO/c1-4-13(5-2)18(9-10-19-3)15-12(11-16)7-6-8-14(15)17/h6-8,13H,4-5,9-11H2,1-3H3. The van der Waals surface area contributed by atoms with Crippen LogP contribution in [0.15, 0.2) is 18.2 Å². The van der Waals surface area contributed by atoms with Crippen LogP contribution < -0.4 is 4.90 Å². The Hall–Kier alpha value is -0.250. The molecule has 1 aromatic carbocycles. The van der Waals surface area contributed by atoms with Gasteiger partial charge in [0.1, 0.15) is 0 Å². The van der Waals surface area contributed by atoms with Crippen LogP contribution in [0.2, 0.25) is 5.02 Å². The highest BCUT2D eigenvalue weighted by Crippen LogP contribution is 2.33. The van der Waals surface area contributed by atoms with Crippen molar-refractivity contribution in [2.45, 2.75) is 38.1 Å². The zero-order valence-corrected chi connectivity index (χ0v) is 14.3. The molecule has 0 amide bonds. The number of benzene rings is 1. The molecule has 0 aliphatic carbocycles. The fourth-order valence-electron chi connectivity index (χ4n) is 2.39. The SMILES string of the molecule is CCC(CC)N(CCOC)c1c(Cl)cccc1CBr. The molecule has 108 valence electrons. The molecule has 0 aliphatic rings. The highest BCUT2D eigenvalue weighted by atomic mass is 79.9. The van der Waals surface area contributed by atoms with E-state index in [1.165, 1.54) is 5.56 Å². The van der Waals surface area contributed by atoms with E-state index in [4.69, 9.17) is 16.3 Å². The summed E-state index contributed by atoms with van der Waals surface area (Å²) in [6, 6.07) is 6.58. The summed E-state index contributed by atoms with van der Waals surface area (Å²) in [6.07, 6.45) is 2.21. The third-order valence-electron chi connectivity index (χ3n) is 3.42. The van der Waals surface area contributed by atoms with Crippen molar-refractivity contribution < 1.29 is 4.74 Å². The van der Waals surface area contributed by atoms with E-state index in [0.717, 1.165) is 35.4 Å². The maximum atomic E-state index is 6.44. The van der Waals surface area contributed by atoms with Crippen molar-refractivity contribution in [3.8, 4) is 0 Å². The van der Waals surface area contributed by atoms with Gasteiger partial charge in [-0.1, -0.05) is 53.5 Å². The minimum absolute atomic E-state index is 0.493. The Morgan fingerprint density at radius 2 is 2.00 bits per heavy atom. The molecule has 0 bridgehead atoms. The van der Waals surface area contributed by atoms with Gasteiger partial charge in [-0.05, 0) is 24.5 Å². The molecule has 1 rings (SSSR count). The summed E-state index contributed by atoms with van der Waals surface area (Å²) in [7, 11) is 1.74. The summed E-state index contributed by atoms with van der Waals surface area (Å²) in [5.41, 5.74) is 2.38. The van der Waals surface area contributed by atoms with Gasteiger partial charge in [0.05, 0.1) is 17.3 Å². The second-order valence-corrected chi connectivity index (χ2v) is 5.51. The maximum absolute atomic E-state index is 6.44. The molecule has 0 heterocycles. The molecule has 0 saturated heterocycles. The van der Waals surface area contributed by atoms with Crippen molar-refractivity contribution in [2.24, 2.45) is 0 Å². The van der Waals surface area contributed by atoms with Crippen LogP contribution in [0.4, 0.5) is 5.69 Å². The van der Waals surface area contributed by atoms with Gasteiger partial charge in [0.15, 0.2) is 0 Å². The largest absolute Gasteiger partial charge is 0.383 e. The van der Waals surface area contributed by atoms with Crippen LogP contribution in [0.1, 0.15) is 32.3 Å². The van der Waals surface area contributed by atoms with Crippen LogP contribution in [-0.4, -0.2) is 26.3 Å². The van der Waals surface area contributed by atoms with E-state index in [2.05, 4.69) is 40.7 Å². The van der Waals surface area contributed by atoms with Crippen molar-refractivity contribution in [3.63, 3.8) is 0 Å². The molecule has 0 spiro atoms. The third-order valence-corrected chi connectivity index (χ3v) is 4.33. The fraction of sp³-hybridized carbons (Fsp3) is 0.600. The van der Waals surface area contributed by atoms with Gasteiger partial charge in [-0.2, -0.15) is 0 Å². The van der Waals surface area contributed by atoms with Crippen LogP contribution in [-0.2, 0) is 10.1 Å². The van der Waals surface area contributed by atoms with Gasteiger partial charge >= 0.3 is 0 Å². The molecule has 4 heteroatoms. The lowest BCUT2D eigenvalue weighted by Crippen LogP contribution is -2.37. The number of rotatable bonds is 8. The van der Waals surface area contributed by atoms with Gasteiger partial charge in [0, 0.05) is 25.0 Å². The van der Waals surface area contributed by atoms with Crippen LogP contribution in [0, 0.1) is 0 Å². The van der Waals surface area contributed by atoms with Crippen LogP contribution in [0.3, 0.4) is 0 Å². The first-order valence-corrected chi connectivity index (χ1v) is 8.28. The van der Waals surface area contributed by atoms with Crippen LogP contribution >= 0.6 is 27.5 Å². The first-order valence-electron chi connectivity index (χ1n) is 6.78. The third kappa shape index (κ3) is 4.37. The topological polar surface area (TPSA) is 12.5 Å². The van der Waals surface area contributed by atoms with Gasteiger partial charge in [-0.25, -0.2) is 0 Å². The molecular weight excluding hydrogens is 326 g/mol. The van der Waals surface area contributed by atoms with Gasteiger partial charge in [0.2, 0.25) is 0 Å². The quantitative estimate of drug-likeness (QED) is 0.621. The smallest absolute Gasteiger partial charge is 0.0642 e. The fourth-order valence-corrected chi connectivity index (χ4v) is 3.14. The number of hydrogen-bond donors (Lipinski definition) is 0. The highest BCUT2D eigenvalue weighted by Gasteiger charge is 2.20. The summed E-state index contributed by atoms with van der Waals surface area (Å²) in [4.78, 5) is 2.39. The Bertz CT molecular complexity index is 382. The monoisotopic (exact) mass is 347 g/mol. The molecule has 0 radical (unpaired) electrons. The number of halogens is 2. The molecule has 1 aromatic rings. The molecule has 0 fully saturated rings. The Morgan fingerprint density at radius 3 is 2.53 bits per heavy atom. The van der Waals surface area contributed by atoms with Gasteiger partial charge in [0.25, 0.3) is 0 Å². The molecule has 0 aromatic heterocycles. The molecule has 0 unspecified atom stereocenters. The zero-order chi connectivity index (χ0) is 14.3. The first kappa shape index (κ1) is 16.8. The van der Waals surface area contributed by atoms with Crippen molar-refractivity contribution in [1.29, 1.82) is 0 Å². The average molecular weight is 349 g/mol. The van der Waals surface area contributed by atoms with Gasteiger partial charge in [-0.3, -0.25) is 0 Å². The summed E-state index contributed by atoms with van der Waals surface area (Å²) < 4.78 is 5.25. The Labute approximate surface area is 130 Å². The predicted molar refractivity (Wildman–Crippen MR) is 87.7 cm³/mol. The molecule has 0 aliphatic heterocycles. The Morgan fingerprint density at radius 1 is 1.32 bits per heavy atom. The van der Waals surface area contributed by atoms with Crippen molar-refractivity contribution >= 4 is 33.2 Å². The maximum Gasteiger partial charge on any atom is 0.0642 e. The number of methoxy groups -OCH3 is 1. The molecule has 19 heavy (non-hydrogen) atoms. The number of para-hydroxylation sites is 1. The predicted octanol–water partition coefficient (Wildman–Crippen LogP) is 4.88. The lowest BCUT2D eigenvalue weighted by atomic mass is 10.1. The van der Waals surface area contributed by atoms with E-state index in [-0.39, 0.29) is 0 Å². The molecule has 0 N–H and O–H groups in total. The number of anilines is 1. The molecular formula is C15H23BrClNO. The summed E-state index contributed by atoms with van der Waals surface area (Å²) in [5, 5.41) is 1.63. The highest BCUT2D eigenvalue weighted by molar-refractivity contribution is 9.08.